The van der Waals surface area contributed by atoms with Gasteiger partial charge in [-0.15, -0.1) is 0 Å². The summed E-state index contributed by atoms with van der Waals surface area (Å²) in [4.78, 5) is 17.8. The summed E-state index contributed by atoms with van der Waals surface area (Å²) in [5, 5.41) is 0. The first-order valence-corrected chi connectivity index (χ1v) is 14.0. The van der Waals surface area contributed by atoms with Crippen LogP contribution in [-0.2, 0) is 23.8 Å². The molecule has 0 N–H and O–H groups in total. The summed E-state index contributed by atoms with van der Waals surface area (Å²) in [6, 6.07) is 1.22. The Morgan fingerprint density at radius 3 is 2.60 bits per heavy atom. The Hall–Kier alpha value is -1.39. The Balaban J connectivity index is 1.63. The molecule has 2 nitrogen and oxygen atoms in total. The molecule has 4 atom stereocenters. The Labute approximate surface area is 210 Å². The molecule has 2 saturated carbocycles. The minimum Gasteiger partial charge on any atom is -0.299 e. The standard InChI is InChI=1S/C30H46F3NO/c1-6-11-23(28(4,5)8-3)16-21-17-24-12-10-15-29(24,19-21)27(35)14-9-13-26-22(7-2)18-25(20-34-26)30(31,32)33/h18,20-21,23-24H,6-17,19H2,1-5H3/t21-,23+,24-,29-/m1/s1. The third kappa shape index (κ3) is 6.31. The van der Waals surface area contributed by atoms with E-state index in [0.717, 1.165) is 25.5 Å². The molecular weight excluding hydrogens is 447 g/mol. The van der Waals surface area contributed by atoms with Gasteiger partial charge in [-0.1, -0.05) is 60.3 Å². The Kier molecular flexibility index (Phi) is 9.13. The van der Waals surface area contributed by atoms with Crippen LogP contribution in [0, 0.1) is 28.6 Å². The first kappa shape index (κ1) is 28.2. The second kappa shape index (κ2) is 11.3. The van der Waals surface area contributed by atoms with E-state index >= 15 is 0 Å². The summed E-state index contributed by atoms with van der Waals surface area (Å²) >= 11 is 0. The first-order chi connectivity index (χ1) is 16.5. The second-order valence-electron chi connectivity index (χ2n) is 12.1. The van der Waals surface area contributed by atoms with Crippen molar-refractivity contribution in [3.05, 3.63) is 29.1 Å². The lowest BCUT2D eigenvalue weighted by Crippen LogP contribution is -2.31. The van der Waals surface area contributed by atoms with Crippen LogP contribution in [0.3, 0.4) is 0 Å². The van der Waals surface area contributed by atoms with Crippen molar-refractivity contribution in [1.29, 1.82) is 0 Å². The Morgan fingerprint density at radius 2 is 1.97 bits per heavy atom. The van der Waals surface area contributed by atoms with Gasteiger partial charge in [0.2, 0.25) is 0 Å². The highest BCUT2D eigenvalue weighted by Gasteiger charge is 2.54. The quantitative estimate of drug-likeness (QED) is 0.291. The largest absolute Gasteiger partial charge is 0.417 e. The number of alkyl halides is 3. The summed E-state index contributed by atoms with van der Waals surface area (Å²) in [5.41, 5.74) is 0.870. The number of rotatable bonds is 12. The van der Waals surface area contributed by atoms with Gasteiger partial charge in [-0.05, 0) is 86.2 Å². The fourth-order valence-corrected chi connectivity index (χ4v) is 7.18. The van der Waals surface area contributed by atoms with Crippen LogP contribution in [0.25, 0.3) is 0 Å². The molecule has 1 aromatic heterocycles. The van der Waals surface area contributed by atoms with Gasteiger partial charge >= 0.3 is 6.18 Å². The predicted octanol–water partition coefficient (Wildman–Crippen LogP) is 8.99. The number of nitrogens with zero attached hydrogens (tertiary/aromatic N) is 1. The SMILES string of the molecule is CCC[C@@H](C[C@@H]1C[C@H]2CCC[C@@]2(C(=O)CCCc2ncc(C(F)(F)F)cc2CC)C1)C(C)(C)CC. The lowest BCUT2D eigenvalue weighted by Gasteiger charge is -2.36. The van der Waals surface area contributed by atoms with Crippen molar-refractivity contribution >= 4 is 5.78 Å². The van der Waals surface area contributed by atoms with Crippen molar-refractivity contribution < 1.29 is 18.0 Å². The number of pyridine rings is 1. The molecule has 2 aliphatic carbocycles. The fourth-order valence-electron chi connectivity index (χ4n) is 7.18. The molecule has 2 fully saturated rings. The van der Waals surface area contributed by atoms with Crippen LogP contribution < -0.4 is 0 Å². The highest BCUT2D eigenvalue weighted by molar-refractivity contribution is 5.86. The minimum absolute atomic E-state index is 0.140. The molecule has 35 heavy (non-hydrogen) atoms. The summed E-state index contributed by atoms with van der Waals surface area (Å²) in [6.07, 6.45) is 9.38. The number of hydrogen-bond donors (Lipinski definition) is 0. The average molecular weight is 494 g/mol. The molecule has 1 aromatic rings. The summed E-state index contributed by atoms with van der Waals surface area (Å²) < 4.78 is 39.1. The average Bonchev–Trinajstić information content (AvgIpc) is 3.36. The highest BCUT2D eigenvalue weighted by atomic mass is 19.4. The fraction of sp³-hybridized carbons (Fsp3) is 0.800. The van der Waals surface area contributed by atoms with E-state index in [4.69, 9.17) is 0 Å². The second-order valence-corrected chi connectivity index (χ2v) is 12.1. The van der Waals surface area contributed by atoms with E-state index in [0.29, 0.717) is 65.9 Å². The van der Waals surface area contributed by atoms with Crippen molar-refractivity contribution in [2.24, 2.45) is 28.6 Å². The molecule has 0 aliphatic heterocycles. The van der Waals surface area contributed by atoms with Crippen LogP contribution in [-0.4, -0.2) is 10.8 Å². The molecule has 1 heterocycles. The minimum atomic E-state index is -4.37. The van der Waals surface area contributed by atoms with Crippen molar-refractivity contribution in [3.63, 3.8) is 0 Å². The lowest BCUT2D eigenvalue weighted by molar-refractivity contribution is -0.137. The summed E-state index contributed by atoms with van der Waals surface area (Å²) in [7, 11) is 0. The molecule has 3 rings (SSSR count). The molecule has 5 heteroatoms. The number of ketones is 1. The van der Waals surface area contributed by atoms with Crippen LogP contribution in [0.5, 0.6) is 0 Å². The number of hydrogen-bond acceptors (Lipinski definition) is 2. The number of Topliss-reactive ketones (excluding diaryl/α,β-unsaturated/α-hetero) is 1. The maximum Gasteiger partial charge on any atom is 0.417 e. The van der Waals surface area contributed by atoms with E-state index in [-0.39, 0.29) is 5.41 Å². The number of carbonyl (C=O) groups is 1. The van der Waals surface area contributed by atoms with Gasteiger partial charge in [-0.3, -0.25) is 9.78 Å². The monoisotopic (exact) mass is 493 g/mol. The van der Waals surface area contributed by atoms with Crippen molar-refractivity contribution in [2.75, 3.05) is 0 Å². The van der Waals surface area contributed by atoms with Crippen molar-refractivity contribution in [3.8, 4) is 0 Å². The van der Waals surface area contributed by atoms with Gasteiger partial charge in [0.1, 0.15) is 5.78 Å². The van der Waals surface area contributed by atoms with Crippen LogP contribution in [0.15, 0.2) is 12.3 Å². The van der Waals surface area contributed by atoms with Gasteiger partial charge in [-0.2, -0.15) is 13.2 Å². The lowest BCUT2D eigenvalue weighted by atomic mass is 9.69. The maximum atomic E-state index is 13.6. The molecule has 2 aliphatic rings. The molecule has 198 valence electrons. The van der Waals surface area contributed by atoms with Crippen LogP contribution in [0.4, 0.5) is 13.2 Å². The Morgan fingerprint density at radius 1 is 1.23 bits per heavy atom. The highest BCUT2D eigenvalue weighted by Crippen LogP contribution is 2.59. The van der Waals surface area contributed by atoms with E-state index in [1.54, 1.807) is 0 Å². The first-order valence-electron chi connectivity index (χ1n) is 14.0. The van der Waals surface area contributed by atoms with Crippen LogP contribution in [0.1, 0.15) is 122 Å². The smallest absolute Gasteiger partial charge is 0.299 e. The number of aryl methyl sites for hydroxylation is 2. The molecule has 0 radical (unpaired) electrons. The third-order valence-electron chi connectivity index (χ3n) is 9.64. The molecular formula is C30H46F3NO. The van der Waals surface area contributed by atoms with E-state index in [9.17, 15) is 18.0 Å². The van der Waals surface area contributed by atoms with E-state index in [1.165, 1.54) is 44.6 Å². The van der Waals surface area contributed by atoms with Crippen LogP contribution >= 0.6 is 0 Å². The summed E-state index contributed by atoms with van der Waals surface area (Å²) in [6.45, 7) is 11.3. The number of carbonyl (C=O) groups excluding carboxylic acids is 1. The van der Waals surface area contributed by atoms with Gasteiger partial charge in [0.15, 0.2) is 0 Å². The Bertz CT molecular complexity index is 862. The predicted molar refractivity (Wildman–Crippen MR) is 136 cm³/mol. The van der Waals surface area contributed by atoms with Gasteiger partial charge in [0.25, 0.3) is 0 Å². The molecule has 0 spiro atoms. The third-order valence-corrected chi connectivity index (χ3v) is 9.64. The topological polar surface area (TPSA) is 30.0 Å². The van der Waals surface area contributed by atoms with Gasteiger partial charge in [-0.25, -0.2) is 0 Å². The van der Waals surface area contributed by atoms with Crippen molar-refractivity contribution in [2.45, 2.75) is 124 Å². The maximum absolute atomic E-state index is 13.6. The number of halogens is 3. The van der Waals surface area contributed by atoms with Gasteiger partial charge in [0, 0.05) is 23.7 Å². The van der Waals surface area contributed by atoms with Crippen LogP contribution in [0.2, 0.25) is 0 Å². The number of aromatic nitrogens is 1. The van der Waals surface area contributed by atoms with E-state index < -0.39 is 11.7 Å². The molecule has 0 aromatic carbocycles. The number of fused-ring (bicyclic) bond motifs is 1. The zero-order valence-electron chi connectivity index (χ0n) is 22.6. The van der Waals surface area contributed by atoms with Gasteiger partial charge < -0.3 is 0 Å². The normalized spacial score (nSPS) is 25.6. The molecule has 0 bridgehead atoms. The summed E-state index contributed by atoms with van der Waals surface area (Å²) in [5.74, 6) is 2.30. The molecule has 0 amide bonds. The van der Waals surface area contributed by atoms with E-state index in [1.807, 2.05) is 6.92 Å². The van der Waals surface area contributed by atoms with E-state index in [2.05, 4.69) is 32.7 Å². The molecule has 0 unspecified atom stereocenters. The van der Waals surface area contributed by atoms with Gasteiger partial charge in [0.05, 0.1) is 5.56 Å². The zero-order valence-corrected chi connectivity index (χ0v) is 22.6. The molecule has 0 saturated heterocycles. The van der Waals surface area contributed by atoms with Crippen molar-refractivity contribution in [1.82, 2.24) is 4.98 Å². The zero-order chi connectivity index (χ0) is 25.9.